The number of rotatable bonds is 5. The van der Waals surface area contributed by atoms with E-state index in [0.717, 1.165) is 11.3 Å². The number of aryl methyl sites for hydroxylation is 1. The monoisotopic (exact) mass is 438 g/mol. The molecule has 2 aromatic rings. The highest BCUT2D eigenvalue weighted by molar-refractivity contribution is 8.14. The van der Waals surface area contributed by atoms with Crippen molar-refractivity contribution in [2.45, 2.75) is 26.1 Å². The van der Waals surface area contributed by atoms with E-state index in [4.69, 9.17) is 15.1 Å². The molecule has 0 bridgehead atoms. The van der Waals surface area contributed by atoms with Gasteiger partial charge in [0.25, 0.3) is 0 Å². The van der Waals surface area contributed by atoms with E-state index in [9.17, 15) is 4.79 Å². The second kappa shape index (κ2) is 9.09. The molecule has 0 saturated carbocycles. The minimum Gasteiger partial charge on any atom is -0.495 e. The number of ether oxygens (including phenoxy) is 1. The Labute approximate surface area is 185 Å². The van der Waals surface area contributed by atoms with Crippen LogP contribution >= 0.6 is 11.8 Å². The molecule has 1 amide bonds. The number of amides is 1. The Morgan fingerprint density at radius 1 is 1.26 bits per heavy atom. The van der Waals surface area contributed by atoms with Gasteiger partial charge in [-0.2, -0.15) is 0 Å². The molecule has 2 aromatic carbocycles. The molecule has 4 N–H and O–H groups in total. The molecule has 0 radical (unpaired) electrons. The first-order valence-corrected chi connectivity index (χ1v) is 11.1. The van der Waals surface area contributed by atoms with Gasteiger partial charge in [0.05, 0.1) is 24.5 Å². The molecular weight excluding hydrogens is 412 g/mol. The Balaban J connectivity index is 1.55. The predicted molar refractivity (Wildman–Crippen MR) is 126 cm³/mol. The van der Waals surface area contributed by atoms with Gasteiger partial charge in [-0.25, -0.2) is 10.4 Å². The Hall–Kier alpha value is -2.88. The zero-order chi connectivity index (χ0) is 22.0. The number of thioether (sulfide) groups is 1. The van der Waals surface area contributed by atoms with E-state index >= 15 is 0 Å². The summed E-state index contributed by atoms with van der Waals surface area (Å²) in [4.78, 5) is 19.3. The highest BCUT2D eigenvalue weighted by atomic mass is 32.2. The van der Waals surface area contributed by atoms with Crippen LogP contribution in [-0.4, -0.2) is 42.0 Å². The fourth-order valence-electron chi connectivity index (χ4n) is 3.78. The Morgan fingerprint density at radius 3 is 2.84 bits per heavy atom. The molecule has 3 atom stereocenters. The topological polar surface area (TPSA) is 102 Å². The van der Waals surface area contributed by atoms with Gasteiger partial charge in [-0.15, -0.1) is 0 Å². The average Bonchev–Trinajstić information content (AvgIpc) is 3.13. The zero-order valence-corrected chi connectivity index (χ0v) is 18.5. The lowest BCUT2D eigenvalue weighted by molar-refractivity contribution is -0.113. The second-order valence-electron chi connectivity index (χ2n) is 7.56. The number of hydrazine groups is 1. The lowest BCUT2D eigenvalue weighted by Crippen LogP contribution is -2.50. The third-order valence-electron chi connectivity index (χ3n) is 5.31. The summed E-state index contributed by atoms with van der Waals surface area (Å²) in [5.74, 6) is 0.973. The molecule has 1 saturated heterocycles. The van der Waals surface area contributed by atoms with E-state index in [1.807, 2.05) is 55.1 Å². The van der Waals surface area contributed by atoms with Crippen molar-refractivity contribution in [3.63, 3.8) is 0 Å². The van der Waals surface area contributed by atoms with Crippen LogP contribution in [0.15, 0.2) is 53.5 Å². The van der Waals surface area contributed by atoms with Gasteiger partial charge in [-0.3, -0.25) is 20.5 Å². The van der Waals surface area contributed by atoms with Crippen LogP contribution in [0.5, 0.6) is 5.75 Å². The molecule has 0 aliphatic carbocycles. The number of carbonyl (C=O) groups is 1. The van der Waals surface area contributed by atoms with Crippen molar-refractivity contribution in [2.24, 2.45) is 10.9 Å². The molecule has 2 heterocycles. The first-order chi connectivity index (χ1) is 15.0. The van der Waals surface area contributed by atoms with Crippen LogP contribution in [0.3, 0.4) is 0 Å². The first-order valence-electron chi connectivity index (χ1n) is 10.1. The lowest BCUT2D eigenvalue weighted by Gasteiger charge is -2.36. The number of fused-ring (bicyclic) bond motifs is 1. The standard InChI is InChI=1S/C22H26N6O2S/c1-13-7-6-8-15(11-13)28-20(23)19-14(2)26-27-21(19)25-22(28)31-12-18(29)24-16-9-4-5-10-17(16)30-3/h4-11,14,19,21,23,26-27H,12H2,1-3H3,(H,24,29). The van der Waals surface area contributed by atoms with Crippen molar-refractivity contribution >= 4 is 40.0 Å². The minimum atomic E-state index is -0.233. The third-order valence-corrected chi connectivity index (χ3v) is 6.26. The summed E-state index contributed by atoms with van der Waals surface area (Å²) in [6, 6.07) is 15.4. The predicted octanol–water partition coefficient (Wildman–Crippen LogP) is 2.97. The van der Waals surface area contributed by atoms with Crippen molar-refractivity contribution in [1.29, 1.82) is 5.41 Å². The number of nitrogens with zero attached hydrogens (tertiary/aromatic N) is 2. The quantitative estimate of drug-likeness (QED) is 0.573. The van der Waals surface area contributed by atoms with Crippen molar-refractivity contribution in [3.05, 3.63) is 54.1 Å². The molecule has 162 valence electrons. The van der Waals surface area contributed by atoms with Crippen molar-refractivity contribution in [3.8, 4) is 5.75 Å². The summed E-state index contributed by atoms with van der Waals surface area (Å²) in [6.07, 6.45) is -0.233. The Kier molecular flexibility index (Phi) is 6.26. The van der Waals surface area contributed by atoms with Crippen LogP contribution in [-0.2, 0) is 4.79 Å². The molecular formula is C22H26N6O2S. The molecule has 0 aromatic heterocycles. The number of carbonyl (C=O) groups excluding carboxylic acids is 1. The van der Waals surface area contributed by atoms with Gasteiger partial charge in [0.1, 0.15) is 17.8 Å². The van der Waals surface area contributed by atoms with Crippen LogP contribution < -0.4 is 25.8 Å². The number of nitrogens with one attached hydrogen (secondary N) is 4. The lowest BCUT2D eigenvalue weighted by atomic mass is 9.97. The summed E-state index contributed by atoms with van der Waals surface area (Å²) >= 11 is 1.32. The maximum absolute atomic E-state index is 12.6. The van der Waals surface area contributed by atoms with E-state index in [1.165, 1.54) is 11.8 Å². The number of hydrogen-bond donors (Lipinski definition) is 4. The van der Waals surface area contributed by atoms with Gasteiger partial charge < -0.3 is 10.1 Å². The SMILES string of the molecule is COc1ccccc1NC(=O)CSC1=NC2NNC(C)C2C(=N)N1c1cccc(C)c1. The van der Waals surface area contributed by atoms with Crippen LogP contribution in [0.1, 0.15) is 12.5 Å². The first kappa shape index (κ1) is 21.4. The number of anilines is 2. The molecule has 4 rings (SSSR count). The van der Waals surface area contributed by atoms with Gasteiger partial charge in [0, 0.05) is 11.7 Å². The molecule has 8 nitrogen and oxygen atoms in total. The fraction of sp³-hybridized carbons (Fsp3) is 0.318. The maximum atomic E-state index is 12.6. The Bertz CT molecular complexity index is 1030. The fourth-order valence-corrected chi connectivity index (χ4v) is 4.63. The summed E-state index contributed by atoms with van der Waals surface area (Å²) in [7, 11) is 1.57. The largest absolute Gasteiger partial charge is 0.495 e. The van der Waals surface area contributed by atoms with Gasteiger partial charge >= 0.3 is 0 Å². The van der Waals surface area contributed by atoms with Crippen LogP contribution in [0.2, 0.25) is 0 Å². The van der Waals surface area contributed by atoms with Gasteiger partial charge in [0.15, 0.2) is 5.17 Å². The summed E-state index contributed by atoms with van der Waals surface area (Å²) < 4.78 is 5.30. The van der Waals surface area contributed by atoms with E-state index < -0.39 is 0 Å². The molecule has 2 aliphatic rings. The van der Waals surface area contributed by atoms with Crippen LogP contribution in [0.25, 0.3) is 0 Å². The van der Waals surface area contributed by atoms with Crippen molar-refractivity contribution in [1.82, 2.24) is 10.9 Å². The molecule has 31 heavy (non-hydrogen) atoms. The number of amidine groups is 2. The van der Waals surface area contributed by atoms with E-state index in [0.29, 0.717) is 22.4 Å². The highest BCUT2D eigenvalue weighted by Gasteiger charge is 2.43. The second-order valence-corrected chi connectivity index (χ2v) is 8.50. The smallest absolute Gasteiger partial charge is 0.234 e. The number of aliphatic imine (C=N–C) groups is 1. The highest BCUT2D eigenvalue weighted by Crippen LogP contribution is 2.32. The van der Waals surface area contributed by atoms with Gasteiger partial charge in [-0.1, -0.05) is 36.0 Å². The number of hydrogen-bond acceptors (Lipinski definition) is 7. The van der Waals surface area contributed by atoms with Crippen molar-refractivity contribution < 1.29 is 9.53 Å². The minimum absolute atomic E-state index is 0.0777. The zero-order valence-electron chi connectivity index (χ0n) is 17.7. The molecule has 9 heteroatoms. The number of methoxy groups -OCH3 is 1. The molecule has 3 unspecified atom stereocenters. The van der Waals surface area contributed by atoms with E-state index in [2.05, 4.69) is 16.2 Å². The van der Waals surface area contributed by atoms with E-state index in [-0.39, 0.29) is 29.8 Å². The number of benzene rings is 2. The van der Waals surface area contributed by atoms with E-state index in [1.54, 1.807) is 19.2 Å². The molecule has 1 fully saturated rings. The van der Waals surface area contributed by atoms with Crippen molar-refractivity contribution in [2.75, 3.05) is 23.1 Å². The molecule has 2 aliphatic heterocycles. The summed E-state index contributed by atoms with van der Waals surface area (Å²) in [5, 5.41) is 12.4. The summed E-state index contributed by atoms with van der Waals surface area (Å²) in [6.45, 7) is 4.06. The third kappa shape index (κ3) is 4.43. The van der Waals surface area contributed by atoms with Crippen LogP contribution in [0, 0.1) is 18.3 Å². The average molecular weight is 439 g/mol. The normalized spacial score (nSPS) is 22.7. The van der Waals surface area contributed by atoms with Gasteiger partial charge in [0.2, 0.25) is 5.91 Å². The summed E-state index contributed by atoms with van der Waals surface area (Å²) in [5.41, 5.74) is 8.94. The Morgan fingerprint density at radius 2 is 2.06 bits per heavy atom. The number of para-hydroxylation sites is 2. The van der Waals surface area contributed by atoms with Gasteiger partial charge in [-0.05, 0) is 43.7 Å². The maximum Gasteiger partial charge on any atom is 0.234 e. The molecule has 0 spiro atoms. The van der Waals surface area contributed by atoms with Crippen LogP contribution in [0.4, 0.5) is 11.4 Å².